The molecule has 0 atom stereocenters. The highest BCUT2D eigenvalue weighted by atomic mass is 19.1. The molecule has 3 aromatic rings. The molecule has 0 radical (unpaired) electrons. The second-order valence-electron chi connectivity index (χ2n) is 5.77. The minimum atomic E-state index is -0.397. The molecule has 0 fully saturated rings. The highest BCUT2D eigenvalue weighted by Crippen LogP contribution is 2.35. The van der Waals surface area contributed by atoms with Crippen LogP contribution in [0.5, 0.6) is 0 Å². The monoisotopic (exact) mass is 319 g/mol. The van der Waals surface area contributed by atoms with Gasteiger partial charge in [0.1, 0.15) is 5.82 Å². The fourth-order valence-corrected chi connectivity index (χ4v) is 2.79. The first-order valence-electron chi connectivity index (χ1n) is 7.74. The van der Waals surface area contributed by atoms with Crippen molar-refractivity contribution in [3.05, 3.63) is 84.2 Å². The highest BCUT2D eigenvalue weighted by Gasteiger charge is 2.20. The molecule has 0 spiro atoms. The van der Waals surface area contributed by atoms with Crippen LogP contribution < -0.4 is 0 Å². The lowest BCUT2D eigenvalue weighted by Gasteiger charge is -2.17. The highest BCUT2D eigenvalue weighted by molar-refractivity contribution is 6.02. The average molecular weight is 319 g/mol. The van der Waals surface area contributed by atoms with Crippen LogP contribution in [0.15, 0.2) is 72.8 Å². The fraction of sp³-hybridized carbons (Fsp3) is 0.0952. The van der Waals surface area contributed by atoms with Crippen LogP contribution >= 0.6 is 0 Å². The molecule has 0 N–H and O–H groups in total. The Balaban J connectivity index is 2.27. The van der Waals surface area contributed by atoms with Gasteiger partial charge >= 0.3 is 0 Å². The number of rotatable bonds is 3. The first-order valence-corrected chi connectivity index (χ1v) is 7.74. The maximum Gasteiger partial charge on any atom is 0.254 e. The molecule has 2 nitrogen and oxygen atoms in total. The molecule has 3 aromatic carbocycles. The van der Waals surface area contributed by atoms with Crippen LogP contribution in [0.25, 0.3) is 22.3 Å². The first-order chi connectivity index (χ1) is 11.6. The van der Waals surface area contributed by atoms with Gasteiger partial charge in [-0.15, -0.1) is 0 Å². The largest absolute Gasteiger partial charge is 0.345 e. The number of hydrogen-bond acceptors (Lipinski definition) is 1. The van der Waals surface area contributed by atoms with Gasteiger partial charge in [0.25, 0.3) is 5.91 Å². The topological polar surface area (TPSA) is 20.3 Å². The van der Waals surface area contributed by atoms with E-state index in [4.69, 9.17) is 0 Å². The van der Waals surface area contributed by atoms with Gasteiger partial charge in [-0.25, -0.2) is 4.39 Å². The quantitative estimate of drug-likeness (QED) is 0.675. The van der Waals surface area contributed by atoms with Gasteiger partial charge in [-0.05, 0) is 28.8 Å². The van der Waals surface area contributed by atoms with Crippen LogP contribution in [-0.2, 0) is 0 Å². The van der Waals surface area contributed by atoms with E-state index in [0.717, 1.165) is 11.1 Å². The van der Waals surface area contributed by atoms with E-state index in [9.17, 15) is 9.18 Å². The molecule has 0 aliphatic carbocycles. The molecule has 0 saturated heterocycles. The molecular formula is C21H18FNO. The van der Waals surface area contributed by atoms with Gasteiger partial charge in [0.05, 0.1) is 5.56 Å². The summed E-state index contributed by atoms with van der Waals surface area (Å²) in [7, 11) is 3.33. The van der Waals surface area contributed by atoms with Gasteiger partial charge in [0.15, 0.2) is 0 Å². The van der Waals surface area contributed by atoms with E-state index in [1.165, 1.54) is 11.0 Å². The van der Waals surface area contributed by atoms with Crippen molar-refractivity contribution in [2.75, 3.05) is 14.1 Å². The number of benzene rings is 3. The Morgan fingerprint density at radius 1 is 0.792 bits per heavy atom. The summed E-state index contributed by atoms with van der Waals surface area (Å²) in [5, 5.41) is 0. The summed E-state index contributed by atoms with van der Waals surface area (Å²) in [5.74, 6) is -0.613. The van der Waals surface area contributed by atoms with E-state index < -0.39 is 5.82 Å². The number of hydrogen-bond donors (Lipinski definition) is 0. The van der Waals surface area contributed by atoms with Gasteiger partial charge in [-0.3, -0.25) is 4.79 Å². The Morgan fingerprint density at radius 2 is 1.42 bits per heavy atom. The van der Waals surface area contributed by atoms with Crippen molar-refractivity contribution in [1.29, 1.82) is 0 Å². The molecule has 0 unspecified atom stereocenters. The number of amides is 1. The van der Waals surface area contributed by atoms with E-state index in [2.05, 4.69) is 0 Å². The lowest BCUT2D eigenvalue weighted by molar-refractivity contribution is 0.0828. The Labute approximate surface area is 141 Å². The van der Waals surface area contributed by atoms with Gasteiger partial charge in [-0.2, -0.15) is 0 Å². The predicted molar refractivity (Wildman–Crippen MR) is 95.3 cm³/mol. The van der Waals surface area contributed by atoms with Crippen LogP contribution in [-0.4, -0.2) is 24.9 Å². The molecule has 120 valence electrons. The minimum absolute atomic E-state index is 0.215. The first kappa shape index (κ1) is 15.9. The fourth-order valence-electron chi connectivity index (χ4n) is 2.79. The van der Waals surface area contributed by atoms with E-state index >= 15 is 0 Å². The van der Waals surface area contributed by atoms with E-state index in [0.29, 0.717) is 16.7 Å². The van der Waals surface area contributed by atoms with Crippen LogP contribution in [0.2, 0.25) is 0 Å². The summed E-state index contributed by atoms with van der Waals surface area (Å²) in [6, 6.07) is 22.0. The molecule has 0 aliphatic rings. The molecule has 3 heteroatoms. The van der Waals surface area contributed by atoms with Gasteiger partial charge in [-0.1, -0.05) is 60.7 Å². The lowest BCUT2D eigenvalue weighted by atomic mass is 9.91. The minimum Gasteiger partial charge on any atom is -0.345 e. The molecule has 1 amide bonds. The second kappa shape index (κ2) is 6.67. The molecular weight excluding hydrogens is 301 g/mol. The molecule has 0 aromatic heterocycles. The third-order valence-electron chi connectivity index (χ3n) is 3.93. The Morgan fingerprint density at radius 3 is 2.08 bits per heavy atom. The number of carbonyl (C=O) groups excluding carboxylic acids is 1. The van der Waals surface area contributed by atoms with Crippen molar-refractivity contribution in [3.63, 3.8) is 0 Å². The summed E-state index contributed by atoms with van der Waals surface area (Å²) < 4.78 is 14.7. The SMILES string of the molecule is CN(C)C(=O)c1cccc(F)c1-c1ccccc1-c1ccccc1. The summed E-state index contributed by atoms with van der Waals surface area (Å²) in [4.78, 5) is 14.0. The van der Waals surface area contributed by atoms with Crippen molar-refractivity contribution in [2.45, 2.75) is 0 Å². The van der Waals surface area contributed by atoms with Crippen LogP contribution in [0.1, 0.15) is 10.4 Å². The molecule has 0 aliphatic heterocycles. The zero-order chi connectivity index (χ0) is 17.1. The van der Waals surface area contributed by atoms with Crippen molar-refractivity contribution in [1.82, 2.24) is 4.90 Å². The zero-order valence-corrected chi connectivity index (χ0v) is 13.7. The Hall–Kier alpha value is -2.94. The van der Waals surface area contributed by atoms with Gasteiger partial charge in [0, 0.05) is 19.7 Å². The lowest BCUT2D eigenvalue weighted by Crippen LogP contribution is -2.22. The van der Waals surface area contributed by atoms with E-state index in [-0.39, 0.29) is 5.91 Å². The third kappa shape index (κ3) is 2.93. The van der Waals surface area contributed by atoms with Crippen molar-refractivity contribution in [3.8, 4) is 22.3 Å². The molecule has 24 heavy (non-hydrogen) atoms. The summed E-state index contributed by atoms with van der Waals surface area (Å²) >= 11 is 0. The molecule has 0 bridgehead atoms. The maximum atomic E-state index is 14.7. The van der Waals surface area contributed by atoms with Crippen molar-refractivity contribution >= 4 is 5.91 Å². The van der Waals surface area contributed by atoms with Crippen LogP contribution in [0.3, 0.4) is 0 Å². The number of carbonyl (C=O) groups is 1. The Kier molecular flexibility index (Phi) is 4.43. The smallest absolute Gasteiger partial charge is 0.254 e. The van der Waals surface area contributed by atoms with E-state index in [1.807, 2.05) is 54.6 Å². The molecule has 3 rings (SSSR count). The zero-order valence-electron chi connectivity index (χ0n) is 13.7. The molecule has 0 saturated carbocycles. The summed E-state index contributed by atoms with van der Waals surface area (Å²) in [6.07, 6.45) is 0. The number of nitrogens with zero attached hydrogens (tertiary/aromatic N) is 1. The summed E-state index contributed by atoms with van der Waals surface area (Å²) in [6.45, 7) is 0. The third-order valence-corrected chi connectivity index (χ3v) is 3.93. The van der Waals surface area contributed by atoms with Gasteiger partial charge in [0.2, 0.25) is 0 Å². The van der Waals surface area contributed by atoms with Crippen LogP contribution in [0.4, 0.5) is 4.39 Å². The van der Waals surface area contributed by atoms with E-state index in [1.54, 1.807) is 26.2 Å². The standard InChI is InChI=1S/C21H18FNO/c1-23(2)21(24)18-13-8-14-19(22)20(18)17-12-7-6-11-16(17)15-9-4-3-5-10-15/h3-14H,1-2H3. The average Bonchev–Trinajstić information content (AvgIpc) is 2.61. The van der Waals surface area contributed by atoms with Crippen LogP contribution in [0, 0.1) is 5.82 Å². The normalized spacial score (nSPS) is 10.5. The number of halogens is 1. The van der Waals surface area contributed by atoms with Gasteiger partial charge < -0.3 is 4.90 Å². The Bertz CT molecular complexity index is 872. The van der Waals surface area contributed by atoms with Crippen molar-refractivity contribution < 1.29 is 9.18 Å². The second-order valence-corrected chi connectivity index (χ2v) is 5.77. The summed E-state index contributed by atoms with van der Waals surface area (Å²) in [5.41, 5.74) is 3.31. The van der Waals surface area contributed by atoms with Crippen molar-refractivity contribution in [2.24, 2.45) is 0 Å². The predicted octanol–water partition coefficient (Wildman–Crippen LogP) is 4.86. The molecule has 0 heterocycles. The maximum absolute atomic E-state index is 14.7.